The Bertz CT molecular complexity index is 1320. The Balaban J connectivity index is 1.60. The number of amides is 1. The number of benzene rings is 3. The van der Waals surface area contributed by atoms with E-state index in [4.69, 9.17) is 21.3 Å². The smallest absolute Gasteiger partial charge is 0.274 e. The summed E-state index contributed by atoms with van der Waals surface area (Å²) >= 11 is 9.18. The molecule has 0 unspecified atom stereocenters. The first-order valence-corrected chi connectivity index (χ1v) is 12.2. The number of hydrogen-bond donors (Lipinski definition) is 0. The van der Waals surface area contributed by atoms with Crippen LogP contribution in [0.1, 0.15) is 5.56 Å². The molecule has 5 nitrogen and oxygen atoms in total. The van der Waals surface area contributed by atoms with E-state index in [0.717, 1.165) is 38.3 Å². The highest BCUT2D eigenvalue weighted by atomic mass is 35.5. The molecule has 2 aliphatic rings. The summed E-state index contributed by atoms with van der Waals surface area (Å²) in [6.45, 7) is 2.01. The quantitative estimate of drug-likeness (QED) is 0.374. The van der Waals surface area contributed by atoms with Crippen LogP contribution in [0.3, 0.4) is 0 Å². The van der Waals surface area contributed by atoms with Crippen molar-refractivity contribution >= 4 is 63.3 Å². The number of methoxy groups -OCH3 is 1. The van der Waals surface area contributed by atoms with E-state index in [1.165, 1.54) is 11.8 Å². The van der Waals surface area contributed by atoms with Gasteiger partial charge >= 0.3 is 0 Å². The van der Waals surface area contributed by atoms with Gasteiger partial charge in [-0.1, -0.05) is 35.5 Å². The van der Waals surface area contributed by atoms with E-state index in [1.54, 1.807) is 23.8 Å². The minimum absolute atomic E-state index is 0.0916. The summed E-state index contributed by atoms with van der Waals surface area (Å²) < 4.78 is 5.25. The number of carbonyl (C=O) groups is 1. The molecule has 2 aliphatic heterocycles. The van der Waals surface area contributed by atoms with E-state index in [2.05, 4.69) is 0 Å². The maximum absolute atomic E-state index is 13.7. The van der Waals surface area contributed by atoms with Crippen molar-refractivity contribution in [3.63, 3.8) is 0 Å². The maximum atomic E-state index is 13.7. The van der Waals surface area contributed by atoms with E-state index in [1.807, 2.05) is 85.6 Å². The van der Waals surface area contributed by atoms with Crippen LogP contribution in [-0.4, -0.2) is 25.2 Å². The molecule has 5 rings (SSSR count). The summed E-state index contributed by atoms with van der Waals surface area (Å²) in [7, 11) is 3.59. The third-order valence-electron chi connectivity index (χ3n) is 5.33. The Morgan fingerprint density at radius 2 is 1.79 bits per heavy atom. The fraction of sp³-hybridized carbons (Fsp3) is 0.120. The van der Waals surface area contributed by atoms with Crippen LogP contribution in [0.2, 0.25) is 5.02 Å². The summed E-state index contributed by atoms with van der Waals surface area (Å²) in [5, 5.41) is 2.15. The van der Waals surface area contributed by atoms with Crippen LogP contribution in [0.5, 0.6) is 5.75 Å². The predicted molar refractivity (Wildman–Crippen MR) is 139 cm³/mol. The molecule has 166 valence electrons. The van der Waals surface area contributed by atoms with Crippen molar-refractivity contribution in [1.82, 2.24) is 0 Å². The van der Waals surface area contributed by atoms with Crippen LogP contribution < -0.4 is 14.5 Å². The number of fused-ring (bicyclic) bond motifs is 1. The van der Waals surface area contributed by atoms with Crippen LogP contribution in [-0.2, 0) is 4.79 Å². The zero-order valence-electron chi connectivity index (χ0n) is 18.2. The molecule has 0 atom stereocenters. The number of anilines is 2. The molecule has 3 aromatic carbocycles. The third kappa shape index (κ3) is 4.12. The van der Waals surface area contributed by atoms with Crippen LogP contribution in [0, 0.1) is 6.92 Å². The van der Waals surface area contributed by atoms with Gasteiger partial charge in [0.2, 0.25) is 0 Å². The monoisotopic (exact) mass is 493 g/mol. The predicted octanol–water partition coefficient (Wildman–Crippen LogP) is 6.84. The second-order valence-corrected chi connectivity index (χ2v) is 10.0. The van der Waals surface area contributed by atoms with Crippen molar-refractivity contribution in [2.75, 3.05) is 24.0 Å². The largest absolute Gasteiger partial charge is 0.497 e. The lowest BCUT2D eigenvalue weighted by Crippen LogP contribution is -2.29. The number of carbonyl (C=O) groups excluding carboxylic acids is 1. The molecule has 8 heteroatoms. The molecule has 0 N–H and O–H groups in total. The fourth-order valence-electron chi connectivity index (χ4n) is 3.66. The van der Waals surface area contributed by atoms with Gasteiger partial charge in [0, 0.05) is 17.0 Å². The average Bonchev–Trinajstić information content (AvgIpc) is 3.30. The first-order chi connectivity index (χ1) is 15.9. The molecule has 0 saturated carbocycles. The molecule has 33 heavy (non-hydrogen) atoms. The molecule has 2 heterocycles. The van der Waals surface area contributed by atoms with Crippen LogP contribution in [0.15, 0.2) is 86.6 Å². The first kappa shape index (κ1) is 21.9. The number of thioether (sulfide) groups is 2. The van der Waals surface area contributed by atoms with Crippen LogP contribution in [0.25, 0.3) is 0 Å². The summed E-state index contributed by atoms with van der Waals surface area (Å²) in [6, 6.07) is 21.1. The van der Waals surface area contributed by atoms with Gasteiger partial charge in [0.05, 0.1) is 29.2 Å². The van der Waals surface area contributed by atoms with E-state index in [0.29, 0.717) is 15.1 Å². The molecule has 0 aromatic heterocycles. The second-order valence-electron chi connectivity index (χ2n) is 7.58. The number of halogens is 1. The highest BCUT2D eigenvalue weighted by Crippen LogP contribution is 2.51. The van der Waals surface area contributed by atoms with Crippen LogP contribution >= 0.6 is 35.1 Å². The highest BCUT2D eigenvalue weighted by molar-refractivity contribution is 8.20. The van der Waals surface area contributed by atoms with E-state index < -0.39 is 0 Å². The Labute approximate surface area is 206 Å². The Morgan fingerprint density at radius 3 is 2.52 bits per heavy atom. The lowest BCUT2D eigenvalue weighted by Gasteiger charge is -2.17. The number of aryl methyl sites for hydroxylation is 1. The molecule has 0 spiro atoms. The fourth-order valence-corrected chi connectivity index (χ4v) is 6.15. The van der Waals surface area contributed by atoms with Crippen LogP contribution in [0.4, 0.5) is 17.1 Å². The van der Waals surface area contributed by atoms with Gasteiger partial charge < -0.3 is 9.64 Å². The molecular formula is C25H20ClN3O2S2. The summed E-state index contributed by atoms with van der Waals surface area (Å²) in [6.07, 6.45) is 0. The van der Waals surface area contributed by atoms with Crippen molar-refractivity contribution in [3.8, 4) is 5.75 Å². The number of rotatable bonds is 3. The molecule has 1 amide bonds. The van der Waals surface area contributed by atoms with Crippen molar-refractivity contribution in [3.05, 3.63) is 87.3 Å². The lowest BCUT2D eigenvalue weighted by atomic mass is 10.2. The first-order valence-electron chi connectivity index (χ1n) is 10.2. The van der Waals surface area contributed by atoms with Gasteiger partial charge in [0.25, 0.3) is 5.91 Å². The Kier molecular flexibility index (Phi) is 5.86. The highest BCUT2D eigenvalue weighted by Gasteiger charge is 2.40. The van der Waals surface area contributed by atoms with E-state index >= 15 is 0 Å². The minimum Gasteiger partial charge on any atom is -0.497 e. The second kappa shape index (κ2) is 8.82. The lowest BCUT2D eigenvalue weighted by molar-refractivity contribution is -0.113. The van der Waals surface area contributed by atoms with Gasteiger partial charge in [-0.3, -0.25) is 9.69 Å². The Hall–Kier alpha value is -2.87. The van der Waals surface area contributed by atoms with Gasteiger partial charge in [-0.2, -0.15) is 0 Å². The minimum atomic E-state index is -0.0916. The van der Waals surface area contributed by atoms with Crippen molar-refractivity contribution in [2.45, 2.75) is 11.8 Å². The van der Waals surface area contributed by atoms with Gasteiger partial charge in [0.15, 0.2) is 5.17 Å². The number of ether oxygens (including phenoxy) is 1. The molecule has 0 aliphatic carbocycles. The van der Waals surface area contributed by atoms with Gasteiger partial charge in [-0.05, 0) is 78.8 Å². The molecule has 1 fully saturated rings. The number of aliphatic imine (C=N–C) groups is 1. The molecule has 0 radical (unpaired) electrons. The Morgan fingerprint density at radius 1 is 1.00 bits per heavy atom. The normalized spacial score (nSPS) is 18.9. The molecule has 3 aromatic rings. The summed E-state index contributed by atoms with van der Waals surface area (Å²) in [5.74, 6) is 0.666. The van der Waals surface area contributed by atoms with E-state index in [9.17, 15) is 4.79 Å². The zero-order chi connectivity index (χ0) is 23.1. The number of nitrogens with zero attached hydrogens (tertiary/aromatic N) is 3. The zero-order valence-corrected chi connectivity index (χ0v) is 20.6. The summed E-state index contributed by atoms with van der Waals surface area (Å²) in [5.41, 5.74) is 3.61. The maximum Gasteiger partial charge on any atom is 0.274 e. The standard InChI is InChI=1S/C25H20ClN3O2S2/c1-15-5-4-6-18(13-15)29-23(30)22(24-28(2)20-14-16(26)7-12-21(20)32-24)33-25(29)27-17-8-10-19(31-3)11-9-17/h4-14H,1-3H3/b24-22-,27-25?. The third-order valence-corrected chi connectivity index (χ3v) is 7.96. The van der Waals surface area contributed by atoms with Crippen molar-refractivity contribution in [1.29, 1.82) is 0 Å². The average molecular weight is 494 g/mol. The number of hydrogen-bond acceptors (Lipinski definition) is 6. The molecule has 1 saturated heterocycles. The SMILES string of the molecule is COc1ccc(N=C2S/C(=C3\Sc4ccc(Cl)cc4N3C)C(=O)N2c2cccc(C)c2)cc1. The van der Waals surface area contributed by atoms with Gasteiger partial charge in [-0.25, -0.2) is 4.99 Å². The van der Waals surface area contributed by atoms with E-state index in [-0.39, 0.29) is 5.91 Å². The number of amidine groups is 1. The van der Waals surface area contributed by atoms with Gasteiger partial charge in [-0.15, -0.1) is 0 Å². The summed E-state index contributed by atoms with van der Waals surface area (Å²) in [4.78, 5) is 24.0. The topological polar surface area (TPSA) is 45.1 Å². The molecule has 0 bridgehead atoms. The van der Waals surface area contributed by atoms with Crippen molar-refractivity contribution in [2.24, 2.45) is 4.99 Å². The molecular weight excluding hydrogens is 474 g/mol. The van der Waals surface area contributed by atoms with Crippen molar-refractivity contribution < 1.29 is 9.53 Å². The van der Waals surface area contributed by atoms with Gasteiger partial charge in [0.1, 0.15) is 10.7 Å².